The van der Waals surface area contributed by atoms with E-state index in [2.05, 4.69) is 12.1 Å². The van der Waals surface area contributed by atoms with Crippen LogP contribution in [0.25, 0.3) is 0 Å². The summed E-state index contributed by atoms with van der Waals surface area (Å²) in [5.41, 5.74) is 1.23. The van der Waals surface area contributed by atoms with E-state index in [0.29, 0.717) is 12.3 Å². The quantitative estimate of drug-likeness (QED) is 0.883. The number of hydrogen-bond acceptors (Lipinski definition) is 2. The zero-order valence-electron chi connectivity index (χ0n) is 11.4. The van der Waals surface area contributed by atoms with Crippen LogP contribution in [0.5, 0.6) is 0 Å². The van der Waals surface area contributed by atoms with Crippen LogP contribution in [0.1, 0.15) is 31.2 Å². The van der Waals surface area contributed by atoms with Crippen molar-refractivity contribution in [2.24, 2.45) is 5.92 Å². The van der Waals surface area contributed by atoms with Crippen molar-refractivity contribution >= 4 is 5.91 Å². The fraction of sp³-hybridized carbons (Fsp3) is 0.562. The number of amides is 1. The van der Waals surface area contributed by atoms with Crippen LogP contribution in [0.2, 0.25) is 0 Å². The number of carbonyl (C=O) groups is 1. The van der Waals surface area contributed by atoms with Gasteiger partial charge < -0.3 is 10.0 Å². The third-order valence-electron chi connectivity index (χ3n) is 3.97. The molecular weight excluding hydrogens is 238 g/mol. The van der Waals surface area contributed by atoms with Gasteiger partial charge in [0, 0.05) is 26.1 Å². The van der Waals surface area contributed by atoms with Gasteiger partial charge in [-0.1, -0.05) is 30.3 Å². The van der Waals surface area contributed by atoms with Crippen LogP contribution in [-0.4, -0.2) is 35.6 Å². The second kappa shape index (κ2) is 7.29. The van der Waals surface area contributed by atoms with Crippen LogP contribution in [-0.2, 0) is 11.2 Å². The molecule has 1 amide bonds. The van der Waals surface area contributed by atoms with Crippen molar-refractivity contribution < 1.29 is 9.90 Å². The van der Waals surface area contributed by atoms with Gasteiger partial charge >= 0.3 is 0 Å². The third kappa shape index (κ3) is 4.35. The maximum absolute atomic E-state index is 12.1. The molecule has 1 aromatic carbocycles. The highest BCUT2D eigenvalue weighted by molar-refractivity contribution is 5.76. The molecule has 3 nitrogen and oxygen atoms in total. The Kier molecular flexibility index (Phi) is 5.40. The largest absolute Gasteiger partial charge is 0.396 e. The highest BCUT2D eigenvalue weighted by Crippen LogP contribution is 2.20. The number of likely N-dealkylation sites (tertiary alicyclic amines) is 1. The van der Waals surface area contributed by atoms with Crippen molar-refractivity contribution in [2.45, 2.75) is 32.1 Å². The Labute approximate surface area is 115 Å². The maximum atomic E-state index is 12.1. The minimum Gasteiger partial charge on any atom is -0.396 e. The Hall–Kier alpha value is -1.35. The molecule has 2 rings (SSSR count). The van der Waals surface area contributed by atoms with Crippen molar-refractivity contribution in [2.75, 3.05) is 19.7 Å². The van der Waals surface area contributed by atoms with Crippen molar-refractivity contribution in [3.05, 3.63) is 35.9 Å². The molecule has 1 saturated heterocycles. The summed E-state index contributed by atoms with van der Waals surface area (Å²) in [6, 6.07) is 10.2. The average molecular weight is 261 g/mol. The van der Waals surface area contributed by atoms with Gasteiger partial charge in [-0.25, -0.2) is 0 Å². The van der Waals surface area contributed by atoms with E-state index in [1.807, 2.05) is 23.1 Å². The van der Waals surface area contributed by atoms with Crippen LogP contribution in [0.3, 0.4) is 0 Å². The predicted octanol–water partition coefficient (Wildman–Crippen LogP) is 2.24. The van der Waals surface area contributed by atoms with E-state index in [1.54, 1.807) is 0 Å². The monoisotopic (exact) mass is 261 g/mol. The Morgan fingerprint density at radius 2 is 1.89 bits per heavy atom. The summed E-state index contributed by atoms with van der Waals surface area (Å²) in [5.74, 6) is 0.870. The number of piperidine rings is 1. The highest BCUT2D eigenvalue weighted by atomic mass is 16.3. The minimum absolute atomic E-state index is 0.270. The van der Waals surface area contributed by atoms with Crippen LogP contribution < -0.4 is 0 Å². The Morgan fingerprint density at radius 1 is 1.21 bits per heavy atom. The Balaban J connectivity index is 1.73. The second-order valence-corrected chi connectivity index (χ2v) is 5.32. The Morgan fingerprint density at radius 3 is 2.53 bits per heavy atom. The predicted molar refractivity (Wildman–Crippen MR) is 75.8 cm³/mol. The zero-order chi connectivity index (χ0) is 13.5. The smallest absolute Gasteiger partial charge is 0.222 e. The van der Waals surface area contributed by atoms with Crippen molar-refractivity contribution in [1.82, 2.24) is 4.90 Å². The van der Waals surface area contributed by atoms with E-state index in [0.717, 1.165) is 38.8 Å². The lowest BCUT2D eigenvalue weighted by Gasteiger charge is -2.31. The number of rotatable bonds is 5. The molecule has 0 radical (unpaired) electrons. The maximum Gasteiger partial charge on any atom is 0.222 e. The summed E-state index contributed by atoms with van der Waals surface area (Å²) in [4.78, 5) is 14.1. The molecule has 0 unspecified atom stereocenters. The van der Waals surface area contributed by atoms with Crippen molar-refractivity contribution in [3.8, 4) is 0 Å². The van der Waals surface area contributed by atoms with E-state index in [-0.39, 0.29) is 12.5 Å². The normalized spacial score (nSPS) is 16.6. The first-order valence-electron chi connectivity index (χ1n) is 7.22. The average Bonchev–Trinajstić information content (AvgIpc) is 2.47. The van der Waals surface area contributed by atoms with Gasteiger partial charge in [-0.05, 0) is 37.2 Å². The first kappa shape index (κ1) is 14.1. The standard InChI is InChI=1S/C16H23NO2/c18-13-10-15-8-11-17(12-9-15)16(19)7-6-14-4-2-1-3-5-14/h1-5,15,18H,6-13H2. The molecular formula is C16H23NO2. The van der Waals surface area contributed by atoms with Gasteiger partial charge in [-0.2, -0.15) is 0 Å². The van der Waals surface area contributed by atoms with Gasteiger partial charge in [0.05, 0.1) is 0 Å². The molecule has 0 aliphatic carbocycles. The van der Waals surface area contributed by atoms with Crippen LogP contribution >= 0.6 is 0 Å². The third-order valence-corrected chi connectivity index (χ3v) is 3.97. The van der Waals surface area contributed by atoms with Crippen molar-refractivity contribution in [3.63, 3.8) is 0 Å². The molecule has 3 heteroatoms. The lowest BCUT2D eigenvalue weighted by molar-refractivity contribution is -0.132. The summed E-state index contributed by atoms with van der Waals surface area (Å²) in [7, 11) is 0. The van der Waals surface area contributed by atoms with Gasteiger partial charge in [0.1, 0.15) is 0 Å². The number of aliphatic hydroxyl groups excluding tert-OH is 1. The molecule has 19 heavy (non-hydrogen) atoms. The number of nitrogens with zero attached hydrogens (tertiary/aromatic N) is 1. The lowest BCUT2D eigenvalue weighted by atomic mass is 9.93. The molecule has 104 valence electrons. The lowest BCUT2D eigenvalue weighted by Crippen LogP contribution is -2.38. The fourth-order valence-electron chi connectivity index (χ4n) is 2.71. The van der Waals surface area contributed by atoms with Crippen LogP contribution in [0, 0.1) is 5.92 Å². The molecule has 1 aromatic rings. The van der Waals surface area contributed by atoms with Gasteiger partial charge in [0.2, 0.25) is 5.91 Å². The first-order chi connectivity index (χ1) is 9.29. The van der Waals surface area contributed by atoms with E-state index < -0.39 is 0 Å². The van der Waals surface area contributed by atoms with Gasteiger partial charge in [-0.3, -0.25) is 4.79 Å². The summed E-state index contributed by atoms with van der Waals surface area (Å²) >= 11 is 0. The summed E-state index contributed by atoms with van der Waals surface area (Å²) in [6.45, 7) is 1.99. The van der Waals surface area contributed by atoms with E-state index in [4.69, 9.17) is 5.11 Å². The topological polar surface area (TPSA) is 40.5 Å². The molecule has 1 aliphatic heterocycles. The first-order valence-corrected chi connectivity index (χ1v) is 7.22. The molecule has 0 aromatic heterocycles. The van der Waals surface area contributed by atoms with Crippen LogP contribution in [0.15, 0.2) is 30.3 Å². The molecule has 1 aliphatic rings. The molecule has 0 spiro atoms. The summed E-state index contributed by atoms with van der Waals surface area (Å²) in [6.07, 6.45) is 4.40. The van der Waals surface area contributed by atoms with E-state index in [1.165, 1.54) is 5.56 Å². The number of aryl methyl sites for hydroxylation is 1. The number of carbonyl (C=O) groups excluding carboxylic acids is 1. The minimum atomic E-state index is 0.270. The molecule has 0 atom stereocenters. The van der Waals surface area contributed by atoms with Crippen molar-refractivity contribution in [1.29, 1.82) is 0 Å². The molecule has 1 heterocycles. The molecule has 0 bridgehead atoms. The molecule has 1 fully saturated rings. The molecule has 0 saturated carbocycles. The molecule has 1 N–H and O–H groups in total. The Bertz CT molecular complexity index is 383. The van der Waals surface area contributed by atoms with Crippen LogP contribution in [0.4, 0.5) is 0 Å². The SMILES string of the molecule is O=C(CCc1ccccc1)N1CCC(CCO)CC1. The van der Waals surface area contributed by atoms with Gasteiger partial charge in [0.25, 0.3) is 0 Å². The highest BCUT2D eigenvalue weighted by Gasteiger charge is 2.21. The van der Waals surface area contributed by atoms with Gasteiger partial charge in [-0.15, -0.1) is 0 Å². The fourth-order valence-corrected chi connectivity index (χ4v) is 2.71. The van der Waals surface area contributed by atoms with Gasteiger partial charge in [0.15, 0.2) is 0 Å². The van der Waals surface area contributed by atoms with E-state index >= 15 is 0 Å². The summed E-state index contributed by atoms with van der Waals surface area (Å²) < 4.78 is 0. The number of hydrogen-bond donors (Lipinski definition) is 1. The summed E-state index contributed by atoms with van der Waals surface area (Å²) in [5, 5.41) is 8.92. The second-order valence-electron chi connectivity index (χ2n) is 5.32. The zero-order valence-corrected chi connectivity index (χ0v) is 11.4. The van der Waals surface area contributed by atoms with E-state index in [9.17, 15) is 4.79 Å². The number of benzene rings is 1. The number of aliphatic hydroxyl groups is 1.